The molecule has 18 heavy (non-hydrogen) atoms. The summed E-state index contributed by atoms with van der Waals surface area (Å²) in [5.41, 5.74) is 0.601. The molecular formula is C13H18Cl2N2O. The van der Waals surface area contributed by atoms with Gasteiger partial charge in [0.2, 0.25) is 5.91 Å². The van der Waals surface area contributed by atoms with Crippen LogP contribution in [0, 0.1) is 0 Å². The van der Waals surface area contributed by atoms with E-state index < -0.39 is 0 Å². The van der Waals surface area contributed by atoms with Crippen LogP contribution in [0.4, 0.5) is 5.69 Å². The van der Waals surface area contributed by atoms with Gasteiger partial charge in [-0.2, -0.15) is 0 Å². The molecule has 0 fully saturated rings. The summed E-state index contributed by atoms with van der Waals surface area (Å²) in [6, 6.07) is 5.23. The maximum atomic E-state index is 11.5. The van der Waals surface area contributed by atoms with Gasteiger partial charge in [0.1, 0.15) is 0 Å². The normalized spacial score (nSPS) is 10.2. The van der Waals surface area contributed by atoms with Crippen LogP contribution < -0.4 is 10.6 Å². The van der Waals surface area contributed by atoms with Crippen LogP contribution in [0.3, 0.4) is 0 Å². The molecule has 0 radical (unpaired) electrons. The molecule has 1 amide bonds. The van der Waals surface area contributed by atoms with Gasteiger partial charge in [0.05, 0.1) is 22.3 Å². The third-order valence-corrected chi connectivity index (χ3v) is 3.12. The highest BCUT2D eigenvalue weighted by Gasteiger charge is 2.06. The van der Waals surface area contributed by atoms with Crippen molar-refractivity contribution in [2.45, 2.75) is 26.2 Å². The number of halogens is 2. The first-order valence-electron chi connectivity index (χ1n) is 6.09. The third kappa shape index (κ3) is 5.15. The molecule has 1 rings (SSSR count). The molecule has 0 saturated carbocycles. The van der Waals surface area contributed by atoms with Crippen molar-refractivity contribution in [3.8, 4) is 0 Å². The molecule has 0 bridgehead atoms. The monoisotopic (exact) mass is 288 g/mol. The minimum absolute atomic E-state index is 0.0536. The fourth-order valence-electron chi connectivity index (χ4n) is 1.50. The lowest BCUT2D eigenvalue weighted by atomic mass is 10.2. The van der Waals surface area contributed by atoms with E-state index >= 15 is 0 Å². The summed E-state index contributed by atoms with van der Waals surface area (Å²) in [5, 5.41) is 6.82. The number of benzene rings is 1. The second-order valence-electron chi connectivity index (χ2n) is 4.01. The van der Waals surface area contributed by atoms with Gasteiger partial charge in [-0.25, -0.2) is 0 Å². The molecule has 0 atom stereocenters. The quantitative estimate of drug-likeness (QED) is 0.751. The Morgan fingerprint density at radius 2 is 1.89 bits per heavy atom. The topological polar surface area (TPSA) is 41.1 Å². The van der Waals surface area contributed by atoms with Crippen LogP contribution in [0.2, 0.25) is 10.0 Å². The van der Waals surface area contributed by atoms with Crippen molar-refractivity contribution >= 4 is 34.8 Å². The molecule has 0 aliphatic rings. The van der Waals surface area contributed by atoms with E-state index in [9.17, 15) is 4.79 Å². The number of unbranched alkanes of at least 4 members (excludes halogenated alkanes) is 2. The van der Waals surface area contributed by atoms with E-state index in [2.05, 4.69) is 17.6 Å². The molecule has 100 valence electrons. The molecule has 0 aliphatic carbocycles. The lowest BCUT2D eigenvalue weighted by Gasteiger charge is -2.10. The summed E-state index contributed by atoms with van der Waals surface area (Å²) in [5.74, 6) is -0.0536. The Bertz CT molecular complexity index is 376. The van der Waals surface area contributed by atoms with Gasteiger partial charge in [-0.1, -0.05) is 49.0 Å². The number of hydrogen-bond acceptors (Lipinski definition) is 2. The molecule has 0 saturated heterocycles. The average molecular weight is 289 g/mol. The first-order chi connectivity index (χ1) is 8.65. The van der Waals surface area contributed by atoms with Gasteiger partial charge in [-0.15, -0.1) is 0 Å². The van der Waals surface area contributed by atoms with Crippen LogP contribution in [-0.4, -0.2) is 19.0 Å². The van der Waals surface area contributed by atoms with Gasteiger partial charge in [-0.05, 0) is 18.6 Å². The molecule has 1 aromatic carbocycles. The van der Waals surface area contributed by atoms with E-state index in [4.69, 9.17) is 23.2 Å². The van der Waals surface area contributed by atoms with E-state index in [-0.39, 0.29) is 12.5 Å². The summed E-state index contributed by atoms with van der Waals surface area (Å²) in [4.78, 5) is 11.5. The molecule has 2 N–H and O–H groups in total. The lowest BCUT2D eigenvalue weighted by molar-refractivity contribution is -0.119. The zero-order chi connectivity index (χ0) is 13.4. The number of nitrogens with one attached hydrogen (secondary N) is 2. The van der Waals surface area contributed by atoms with Crippen LogP contribution in [0.1, 0.15) is 26.2 Å². The fourth-order valence-corrected chi connectivity index (χ4v) is 2.03. The Balaban J connectivity index is 2.34. The fraction of sp³-hybridized carbons (Fsp3) is 0.462. The predicted octanol–water partition coefficient (Wildman–Crippen LogP) is 3.71. The van der Waals surface area contributed by atoms with Crippen LogP contribution >= 0.6 is 23.2 Å². The second kappa shape index (κ2) is 8.22. The third-order valence-electron chi connectivity index (χ3n) is 2.49. The summed E-state index contributed by atoms with van der Waals surface area (Å²) in [6.07, 6.45) is 3.28. The molecule has 0 unspecified atom stereocenters. The van der Waals surface area contributed by atoms with Crippen LogP contribution in [0.5, 0.6) is 0 Å². The summed E-state index contributed by atoms with van der Waals surface area (Å²) in [7, 11) is 0. The van der Waals surface area contributed by atoms with Crippen LogP contribution in [-0.2, 0) is 4.79 Å². The van der Waals surface area contributed by atoms with E-state index in [0.29, 0.717) is 22.3 Å². The Morgan fingerprint density at radius 1 is 1.22 bits per heavy atom. The summed E-state index contributed by atoms with van der Waals surface area (Å²) < 4.78 is 0. The number of anilines is 1. The van der Waals surface area contributed by atoms with E-state index in [1.54, 1.807) is 18.2 Å². The smallest absolute Gasteiger partial charge is 0.239 e. The van der Waals surface area contributed by atoms with Crippen molar-refractivity contribution in [2.24, 2.45) is 0 Å². The molecular weight excluding hydrogens is 271 g/mol. The highest BCUT2D eigenvalue weighted by atomic mass is 35.5. The molecule has 1 aromatic rings. The maximum Gasteiger partial charge on any atom is 0.239 e. The van der Waals surface area contributed by atoms with Gasteiger partial charge in [-0.3, -0.25) is 4.79 Å². The number of hydrogen-bond donors (Lipinski definition) is 2. The second-order valence-corrected chi connectivity index (χ2v) is 4.82. The first kappa shape index (κ1) is 15.1. The predicted molar refractivity (Wildman–Crippen MR) is 77.5 cm³/mol. The summed E-state index contributed by atoms with van der Waals surface area (Å²) >= 11 is 12.0. The number of para-hydroxylation sites is 1. The number of carbonyl (C=O) groups excluding carboxylic acids is 1. The lowest BCUT2D eigenvalue weighted by Crippen LogP contribution is -2.30. The molecule has 0 spiro atoms. The highest BCUT2D eigenvalue weighted by molar-refractivity contribution is 6.39. The van der Waals surface area contributed by atoms with Gasteiger partial charge in [0.15, 0.2) is 0 Å². The minimum atomic E-state index is -0.0536. The number of carbonyl (C=O) groups is 1. The molecule has 0 aliphatic heterocycles. The molecule has 5 heteroatoms. The number of amides is 1. The van der Waals surface area contributed by atoms with Gasteiger partial charge in [0.25, 0.3) is 0 Å². The van der Waals surface area contributed by atoms with E-state index in [1.165, 1.54) is 0 Å². The zero-order valence-electron chi connectivity index (χ0n) is 10.4. The first-order valence-corrected chi connectivity index (χ1v) is 6.85. The Morgan fingerprint density at radius 3 is 2.50 bits per heavy atom. The zero-order valence-corrected chi connectivity index (χ0v) is 11.9. The van der Waals surface area contributed by atoms with E-state index in [1.807, 2.05) is 0 Å². The van der Waals surface area contributed by atoms with Crippen molar-refractivity contribution in [2.75, 3.05) is 18.4 Å². The average Bonchev–Trinajstić information content (AvgIpc) is 2.34. The van der Waals surface area contributed by atoms with Gasteiger partial charge in [0, 0.05) is 6.54 Å². The number of rotatable bonds is 7. The molecule has 0 aromatic heterocycles. The highest BCUT2D eigenvalue weighted by Crippen LogP contribution is 2.29. The van der Waals surface area contributed by atoms with Gasteiger partial charge < -0.3 is 10.6 Å². The van der Waals surface area contributed by atoms with Crippen molar-refractivity contribution in [3.05, 3.63) is 28.2 Å². The SMILES string of the molecule is CCCCCNC(=O)CNc1c(Cl)cccc1Cl. The Labute approximate surface area is 118 Å². The molecule has 3 nitrogen and oxygen atoms in total. The standard InChI is InChI=1S/C13H18Cl2N2O/c1-2-3-4-8-16-12(18)9-17-13-10(14)6-5-7-11(13)15/h5-7,17H,2-4,8-9H2,1H3,(H,16,18). The molecule has 0 heterocycles. The van der Waals surface area contributed by atoms with Crippen LogP contribution in [0.15, 0.2) is 18.2 Å². The van der Waals surface area contributed by atoms with Crippen molar-refractivity contribution in [3.63, 3.8) is 0 Å². The van der Waals surface area contributed by atoms with Crippen molar-refractivity contribution in [1.82, 2.24) is 5.32 Å². The van der Waals surface area contributed by atoms with Crippen molar-refractivity contribution < 1.29 is 4.79 Å². The maximum absolute atomic E-state index is 11.5. The van der Waals surface area contributed by atoms with Gasteiger partial charge >= 0.3 is 0 Å². The Hall–Kier alpha value is -0.930. The van der Waals surface area contributed by atoms with Crippen LogP contribution in [0.25, 0.3) is 0 Å². The largest absolute Gasteiger partial charge is 0.374 e. The van der Waals surface area contributed by atoms with E-state index in [0.717, 1.165) is 19.3 Å². The van der Waals surface area contributed by atoms with Crippen molar-refractivity contribution in [1.29, 1.82) is 0 Å². The summed E-state index contributed by atoms with van der Waals surface area (Å²) in [6.45, 7) is 3.02. The Kier molecular flexibility index (Phi) is 6.91. The minimum Gasteiger partial charge on any atom is -0.374 e.